The fourth-order valence-corrected chi connectivity index (χ4v) is 4.18. The number of carbonyl (C=O) groups excluding carboxylic acids is 1. The van der Waals surface area contributed by atoms with Crippen LogP contribution in [0.2, 0.25) is 0 Å². The van der Waals surface area contributed by atoms with Gasteiger partial charge in [-0.25, -0.2) is 8.42 Å². The number of thiophene rings is 1. The van der Waals surface area contributed by atoms with E-state index in [9.17, 15) is 17.4 Å². The van der Waals surface area contributed by atoms with Crippen molar-refractivity contribution in [1.82, 2.24) is 5.32 Å². The van der Waals surface area contributed by atoms with Gasteiger partial charge in [-0.2, -0.15) is 0 Å². The number of hydrogen-bond donors (Lipinski definition) is 1. The highest BCUT2D eigenvalue weighted by Gasteiger charge is 2.22. The highest BCUT2D eigenvalue weighted by Crippen LogP contribution is 2.29. The molecule has 2 unspecified atom stereocenters. The third-order valence-electron chi connectivity index (χ3n) is 2.58. The Morgan fingerprint density at radius 2 is 2.16 bits per heavy atom. The predicted molar refractivity (Wildman–Crippen MR) is 78.0 cm³/mol. The minimum atomic E-state index is -3.83. The molecule has 0 fully saturated rings. The van der Waals surface area contributed by atoms with Crippen molar-refractivity contribution in [2.45, 2.75) is 23.3 Å². The van der Waals surface area contributed by atoms with Crippen molar-refractivity contribution in [3.63, 3.8) is 0 Å². The zero-order valence-corrected chi connectivity index (χ0v) is 13.8. The van der Waals surface area contributed by atoms with Crippen molar-refractivity contribution in [3.05, 3.63) is 16.5 Å². The van der Waals surface area contributed by atoms with E-state index in [-0.39, 0.29) is 21.6 Å². The van der Waals surface area contributed by atoms with Crippen LogP contribution in [-0.2, 0) is 19.9 Å². The Hall–Kier alpha value is -0.440. The highest BCUT2D eigenvalue weighted by atomic mass is 35.7. The second-order valence-corrected chi connectivity index (χ2v) is 9.46. The molecule has 1 N–H and O–H groups in total. The first-order chi connectivity index (χ1) is 8.64. The maximum atomic E-state index is 11.9. The van der Waals surface area contributed by atoms with E-state index < -0.39 is 25.8 Å². The van der Waals surface area contributed by atoms with E-state index in [1.54, 1.807) is 13.2 Å². The smallest absolute Gasteiger partial charge is 0.271 e. The summed E-state index contributed by atoms with van der Waals surface area (Å²) < 4.78 is 33.6. The molecule has 0 radical (unpaired) electrons. The van der Waals surface area contributed by atoms with E-state index in [2.05, 4.69) is 5.32 Å². The van der Waals surface area contributed by atoms with Crippen LogP contribution >= 0.6 is 22.0 Å². The number of carbonyl (C=O) groups is 1. The maximum Gasteiger partial charge on any atom is 0.271 e. The van der Waals surface area contributed by atoms with Gasteiger partial charge in [0.15, 0.2) is 0 Å². The molecule has 1 amide bonds. The monoisotopic (exact) mass is 343 g/mol. The zero-order valence-electron chi connectivity index (χ0n) is 10.6. The second-order valence-electron chi connectivity index (χ2n) is 4.02. The molecule has 0 aliphatic carbocycles. The Balaban J connectivity index is 2.85. The number of amides is 1. The molecule has 0 aliphatic rings. The van der Waals surface area contributed by atoms with Gasteiger partial charge in [0.25, 0.3) is 15.0 Å². The minimum Gasteiger partial charge on any atom is -0.351 e. The molecule has 0 spiro atoms. The van der Waals surface area contributed by atoms with Gasteiger partial charge in [0.1, 0.15) is 4.21 Å². The summed E-state index contributed by atoms with van der Waals surface area (Å²) in [5.41, 5.74) is 0.612. The lowest BCUT2D eigenvalue weighted by Crippen LogP contribution is -2.32. The quantitative estimate of drug-likeness (QED) is 0.821. The molecule has 108 valence electrons. The Morgan fingerprint density at radius 1 is 1.58 bits per heavy atom. The van der Waals surface area contributed by atoms with Crippen LogP contribution in [-0.4, -0.2) is 36.6 Å². The predicted octanol–water partition coefficient (Wildman–Crippen LogP) is 1.48. The summed E-state index contributed by atoms with van der Waals surface area (Å²) in [5, 5.41) is 3.91. The fraction of sp³-hybridized carbons (Fsp3) is 0.500. The van der Waals surface area contributed by atoms with Gasteiger partial charge in [0, 0.05) is 44.9 Å². The van der Waals surface area contributed by atoms with Crippen LogP contribution in [0.4, 0.5) is 0 Å². The number of nitrogens with one attached hydrogen (secondary N) is 1. The van der Waals surface area contributed by atoms with E-state index in [1.165, 1.54) is 12.3 Å². The molecule has 0 saturated heterocycles. The van der Waals surface area contributed by atoms with Gasteiger partial charge in [-0.05, 0) is 19.4 Å². The van der Waals surface area contributed by atoms with Crippen LogP contribution in [0.25, 0.3) is 0 Å². The maximum absolute atomic E-state index is 11.9. The first-order valence-electron chi connectivity index (χ1n) is 5.27. The second kappa shape index (κ2) is 6.34. The highest BCUT2D eigenvalue weighted by molar-refractivity contribution is 8.15. The first kappa shape index (κ1) is 16.6. The molecule has 1 aromatic rings. The summed E-state index contributed by atoms with van der Waals surface area (Å²) in [5.74, 6) is -0.391. The topological polar surface area (TPSA) is 80.3 Å². The Kier molecular flexibility index (Phi) is 5.54. The Morgan fingerprint density at radius 3 is 2.58 bits per heavy atom. The third-order valence-corrected chi connectivity index (χ3v) is 7.18. The van der Waals surface area contributed by atoms with Gasteiger partial charge >= 0.3 is 0 Å². The fourth-order valence-electron chi connectivity index (χ4n) is 1.31. The van der Waals surface area contributed by atoms with Crippen LogP contribution < -0.4 is 5.32 Å². The van der Waals surface area contributed by atoms with Crippen molar-refractivity contribution >= 4 is 47.8 Å². The van der Waals surface area contributed by atoms with Crippen molar-refractivity contribution in [3.8, 4) is 0 Å². The number of hydrogen-bond acceptors (Lipinski definition) is 5. The molecule has 5 nitrogen and oxygen atoms in total. The van der Waals surface area contributed by atoms with Crippen LogP contribution in [0.3, 0.4) is 0 Å². The molecule has 0 aliphatic heterocycles. The molecule has 0 saturated carbocycles. The van der Waals surface area contributed by atoms with E-state index in [1.807, 2.05) is 0 Å². The van der Waals surface area contributed by atoms with Gasteiger partial charge in [-0.1, -0.05) is 0 Å². The van der Waals surface area contributed by atoms with E-state index in [0.29, 0.717) is 5.56 Å². The summed E-state index contributed by atoms with van der Waals surface area (Å²) in [4.78, 5) is 11.9. The molecule has 1 rings (SSSR count). The Labute approximate surface area is 123 Å². The molecule has 2 atom stereocenters. The van der Waals surface area contributed by atoms with Gasteiger partial charge < -0.3 is 5.32 Å². The molecule has 19 heavy (non-hydrogen) atoms. The minimum absolute atomic E-state index is 0.0218. The normalized spacial score (nSPS) is 14.9. The van der Waals surface area contributed by atoms with Crippen LogP contribution in [0.1, 0.15) is 22.8 Å². The molecular formula is C10H14ClNO4S3. The summed E-state index contributed by atoms with van der Waals surface area (Å²) >= 11 is 0.911. The van der Waals surface area contributed by atoms with E-state index in [4.69, 9.17) is 10.7 Å². The molecule has 1 aromatic heterocycles. The van der Waals surface area contributed by atoms with Gasteiger partial charge in [0.2, 0.25) is 0 Å². The summed E-state index contributed by atoms with van der Waals surface area (Å²) in [6, 6.07) is 0. The van der Waals surface area contributed by atoms with E-state index in [0.717, 1.165) is 11.3 Å². The lowest BCUT2D eigenvalue weighted by molar-refractivity contribution is 0.0954. The summed E-state index contributed by atoms with van der Waals surface area (Å²) in [6.07, 6.45) is 1.56. The van der Waals surface area contributed by atoms with Crippen molar-refractivity contribution in [1.29, 1.82) is 0 Å². The largest absolute Gasteiger partial charge is 0.351 e. The lowest BCUT2D eigenvalue weighted by Gasteiger charge is -2.09. The summed E-state index contributed by atoms with van der Waals surface area (Å²) in [6.45, 7) is 3.55. The van der Waals surface area contributed by atoms with Crippen molar-refractivity contribution in [2.75, 3.05) is 12.8 Å². The molecular weight excluding hydrogens is 330 g/mol. The standard InChI is InChI=1S/C10H14ClNO4S3/c1-6(18(3)14)4-12-9(13)8-5-17-10(7(8)2)19(11,15)16/h5-6H,4H2,1-3H3,(H,12,13). The van der Waals surface area contributed by atoms with Crippen LogP contribution in [0, 0.1) is 6.92 Å². The average molecular weight is 344 g/mol. The molecule has 1 heterocycles. The van der Waals surface area contributed by atoms with Gasteiger partial charge in [-0.3, -0.25) is 9.00 Å². The number of halogens is 1. The van der Waals surface area contributed by atoms with Crippen LogP contribution in [0.15, 0.2) is 9.59 Å². The number of rotatable bonds is 5. The van der Waals surface area contributed by atoms with Crippen LogP contribution in [0.5, 0.6) is 0 Å². The SMILES string of the molecule is Cc1c(C(=O)NCC(C)S(C)=O)csc1S(=O)(=O)Cl. The lowest BCUT2D eigenvalue weighted by atomic mass is 10.2. The van der Waals surface area contributed by atoms with Crippen molar-refractivity contribution in [2.24, 2.45) is 0 Å². The molecule has 9 heteroatoms. The summed E-state index contributed by atoms with van der Waals surface area (Å²) in [7, 11) is 0.406. The van der Waals surface area contributed by atoms with Gasteiger partial charge in [0.05, 0.1) is 5.56 Å². The average Bonchev–Trinajstić information content (AvgIpc) is 2.66. The van der Waals surface area contributed by atoms with Crippen molar-refractivity contribution < 1.29 is 17.4 Å². The van der Waals surface area contributed by atoms with Gasteiger partial charge in [-0.15, -0.1) is 11.3 Å². The van der Waals surface area contributed by atoms with E-state index >= 15 is 0 Å². The third kappa shape index (κ3) is 4.27. The zero-order chi connectivity index (χ0) is 14.8. The molecule has 0 bridgehead atoms. The first-order valence-corrected chi connectivity index (χ1v) is 10.1. The molecule has 0 aromatic carbocycles. The Bertz CT molecular complexity index is 608.